The van der Waals surface area contributed by atoms with E-state index >= 15 is 0 Å². The van der Waals surface area contributed by atoms with Crippen molar-refractivity contribution < 1.29 is 9.59 Å². The van der Waals surface area contributed by atoms with Gasteiger partial charge in [0.05, 0.1) is 0 Å². The molecule has 1 aliphatic heterocycles. The van der Waals surface area contributed by atoms with E-state index < -0.39 is 0 Å². The molecule has 0 unspecified atom stereocenters. The molecule has 1 fully saturated rings. The van der Waals surface area contributed by atoms with Gasteiger partial charge >= 0.3 is 0 Å². The van der Waals surface area contributed by atoms with E-state index in [1.54, 1.807) is 6.08 Å². The number of nitrogens with one attached hydrogen (secondary N) is 1. The average Bonchev–Trinajstić information content (AvgIpc) is 2.73. The molecule has 1 N–H and O–H groups in total. The topological polar surface area (TPSA) is 49.4 Å². The maximum atomic E-state index is 12.6. The summed E-state index contributed by atoms with van der Waals surface area (Å²) in [7, 11) is 0. The van der Waals surface area contributed by atoms with Gasteiger partial charge in [-0.1, -0.05) is 56.3 Å². The number of anilines is 1. The van der Waals surface area contributed by atoms with Crippen LogP contribution in [0.1, 0.15) is 43.7 Å². The Kier molecular flexibility index (Phi) is 6.64. The van der Waals surface area contributed by atoms with E-state index in [4.69, 9.17) is 0 Å². The van der Waals surface area contributed by atoms with Gasteiger partial charge in [0.2, 0.25) is 11.8 Å². The molecule has 0 aliphatic carbocycles. The second-order valence-corrected chi connectivity index (χ2v) is 7.61. The van der Waals surface area contributed by atoms with Gasteiger partial charge in [-0.15, -0.1) is 0 Å². The summed E-state index contributed by atoms with van der Waals surface area (Å²) in [6.07, 6.45) is 4.84. The summed E-state index contributed by atoms with van der Waals surface area (Å²) in [6.45, 7) is 5.50. The molecule has 0 spiro atoms. The first kappa shape index (κ1) is 19.9. The van der Waals surface area contributed by atoms with Gasteiger partial charge in [-0.05, 0) is 48.1 Å². The van der Waals surface area contributed by atoms with E-state index in [0.29, 0.717) is 31.8 Å². The number of amides is 2. The number of hydrogen-bond donors (Lipinski definition) is 1. The number of rotatable bonds is 5. The summed E-state index contributed by atoms with van der Waals surface area (Å²) in [5, 5.41) is 3.04. The predicted octanol–water partition coefficient (Wildman–Crippen LogP) is 4.70. The molecule has 2 amide bonds. The first-order valence-electron chi connectivity index (χ1n) is 9.96. The third kappa shape index (κ3) is 5.32. The molecule has 4 nitrogen and oxygen atoms in total. The molecule has 28 heavy (non-hydrogen) atoms. The first-order chi connectivity index (χ1) is 13.5. The lowest BCUT2D eigenvalue weighted by molar-refractivity contribution is -0.130. The molecule has 0 aromatic heterocycles. The Bertz CT molecular complexity index is 835. The van der Waals surface area contributed by atoms with Gasteiger partial charge in [0.25, 0.3) is 0 Å². The van der Waals surface area contributed by atoms with Crippen molar-refractivity contribution in [3.8, 4) is 0 Å². The van der Waals surface area contributed by atoms with Crippen LogP contribution in [0.15, 0.2) is 60.7 Å². The number of carbonyl (C=O) groups is 2. The van der Waals surface area contributed by atoms with Gasteiger partial charge in [0.1, 0.15) is 0 Å². The summed E-state index contributed by atoms with van der Waals surface area (Å²) in [5.74, 6) is 0.431. The summed E-state index contributed by atoms with van der Waals surface area (Å²) < 4.78 is 0. The van der Waals surface area contributed by atoms with Crippen molar-refractivity contribution in [3.63, 3.8) is 0 Å². The van der Waals surface area contributed by atoms with Crippen LogP contribution in [0.3, 0.4) is 0 Å². The molecule has 4 heteroatoms. The number of benzene rings is 2. The molecule has 1 heterocycles. The minimum Gasteiger partial charge on any atom is -0.339 e. The highest BCUT2D eigenvalue weighted by Gasteiger charge is 2.26. The standard InChI is InChI=1S/C24H28N2O2/c1-18(2)21-9-6-10-22(17-21)25-24(28)20-13-15-26(16-14-20)23(27)12-11-19-7-4-3-5-8-19/h3-12,17-18,20H,13-16H2,1-2H3,(H,25,28)/b12-11+. The second-order valence-electron chi connectivity index (χ2n) is 7.61. The minimum atomic E-state index is -0.0511. The Morgan fingerprint density at radius 2 is 1.75 bits per heavy atom. The van der Waals surface area contributed by atoms with Crippen LogP contribution in [0.2, 0.25) is 0 Å². The van der Waals surface area contributed by atoms with E-state index in [1.165, 1.54) is 5.56 Å². The van der Waals surface area contributed by atoms with E-state index in [0.717, 1.165) is 11.3 Å². The highest BCUT2D eigenvalue weighted by atomic mass is 16.2. The lowest BCUT2D eigenvalue weighted by Crippen LogP contribution is -2.40. The van der Waals surface area contributed by atoms with Crippen molar-refractivity contribution >= 4 is 23.6 Å². The largest absolute Gasteiger partial charge is 0.339 e. The molecule has 3 rings (SSSR count). The van der Waals surface area contributed by atoms with E-state index in [9.17, 15) is 9.59 Å². The SMILES string of the molecule is CC(C)c1cccc(NC(=O)C2CCN(C(=O)/C=C/c3ccccc3)CC2)c1. The van der Waals surface area contributed by atoms with E-state index in [1.807, 2.05) is 59.5 Å². The molecule has 0 radical (unpaired) electrons. The lowest BCUT2D eigenvalue weighted by atomic mass is 9.95. The zero-order valence-electron chi connectivity index (χ0n) is 16.6. The number of carbonyl (C=O) groups excluding carboxylic acids is 2. The van der Waals surface area contributed by atoms with Gasteiger partial charge < -0.3 is 10.2 Å². The second kappa shape index (κ2) is 9.36. The van der Waals surface area contributed by atoms with Crippen LogP contribution in [-0.2, 0) is 9.59 Å². The predicted molar refractivity (Wildman–Crippen MR) is 114 cm³/mol. The Morgan fingerprint density at radius 1 is 1.04 bits per heavy atom. The van der Waals surface area contributed by atoms with Gasteiger partial charge in [-0.2, -0.15) is 0 Å². The first-order valence-corrected chi connectivity index (χ1v) is 9.96. The smallest absolute Gasteiger partial charge is 0.246 e. The number of piperidine rings is 1. The van der Waals surface area contributed by atoms with Gasteiger partial charge in [0, 0.05) is 30.8 Å². The molecule has 0 bridgehead atoms. The maximum Gasteiger partial charge on any atom is 0.246 e. The molecule has 2 aromatic rings. The van der Waals surface area contributed by atoms with Crippen molar-refractivity contribution in [2.45, 2.75) is 32.6 Å². The molecule has 1 aliphatic rings. The zero-order valence-corrected chi connectivity index (χ0v) is 16.6. The van der Waals surface area contributed by atoms with Crippen LogP contribution < -0.4 is 5.32 Å². The average molecular weight is 377 g/mol. The van der Waals surface area contributed by atoms with E-state index in [2.05, 4.69) is 25.2 Å². The summed E-state index contributed by atoms with van der Waals surface area (Å²) in [6, 6.07) is 17.8. The van der Waals surface area contributed by atoms with Crippen LogP contribution >= 0.6 is 0 Å². The zero-order chi connectivity index (χ0) is 19.9. The fraction of sp³-hybridized carbons (Fsp3) is 0.333. The molecule has 0 saturated carbocycles. The summed E-state index contributed by atoms with van der Waals surface area (Å²) in [4.78, 5) is 26.8. The normalized spacial score (nSPS) is 15.2. The van der Waals surface area contributed by atoms with Crippen LogP contribution in [-0.4, -0.2) is 29.8 Å². The number of nitrogens with zero attached hydrogens (tertiary/aromatic N) is 1. The quantitative estimate of drug-likeness (QED) is 0.769. The third-order valence-corrected chi connectivity index (χ3v) is 5.22. The highest BCUT2D eigenvalue weighted by molar-refractivity contribution is 5.94. The van der Waals surface area contributed by atoms with Crippen LogP contribution in [0.5, 0.6) is 0 Å². The fourth-order valence-corrected chi connectivity index (χ4v) is 3.42. The maximum absolute atomic E-state index is 12.6. The summed E-state index contributed by atoms with van der Waals surface area (Å²) in [5.41, 5.74) is 3.07. The molecule has 146 valence electrons. The van der Waals surface area contributed by atoms with Gasteiger partial charge in [-0.3, -0.25) is 9.59 Å². The Morgan fingerprint density at radius 3 is 2.43 bits per heavy atom. The molecule has 1 saturated heterocycles. The van der Waals surface area contributed by atoms with Crippen molar-refractivity contribution in [2.75, 3.05) is 18.4 Å². The summed E-state index contributed by atoms with van der Waals surface area (Å²) >= 11 is 0. The molecular formula is C24H28N2O2. The van der Waals surface area contributed by atoms with E-state index in [-0.39, 0.29) is 17.7 Å². The number of likely N-dealkylation sites (tertiary alicyclic amines) is 1. The van der Waals surface area contributed by atoms with Gasteiger partial charge in [-0.25, -0.2) is 0 Å². The number of hydrogen-bond acceptors (Lipinski definition) is 2. The van der Waals surface area contributed by atoms with Crippen molar-refractivity contribution in [1.82, 2.24) is 4.90 Å². The van der Waals surface area contributed by atoms with Crippen molar-refractivity contribution in [3.05, 3.63) is 71.8 Å². The van der Waals surface area contributed by atoms with Crippen LogP contribution in [0, 0.1) is 5.92 Å². The fourth-order valence-electron chi connectivity index (χ4n) is 3.42. The van der Waals surface area contributed by atoms with Gasteiger partial charge in [0.15, 0.2) is 0 Å². The Labute approximate surface area is 167 Å². The van der Waals surface area contributed by atoms with Crippen LogP contribution in [0.25, 0.3) is 6.08 Å². The Hall–Kier alpha value is -2.88. The third-order valence-electron chi connectivity index (χ3n) is 5.22. The van der Waals surface area contributed by atoms with Crippen LogP contribution in [0.4, 0.5) is 5.69 Å². The monoisotopic (exact) mass is 376 g/mol. The lowest BCUT2D eigenvalue weighted by Gasteiger charge is -2.30. The van der Waals surface area contributed by atoms with Crippen molar-refractivity contribution in [1.29, 1.82) is 0 Å². The van der Waals surface area contributed by atoms with Crippen molar-refractivity contribution in [2.24, 2.45) is 5.92 Å². The minimum absolute atomic E-state index is 0.00680. The Balaban J connectivity index is 1.50. The molecular weight excluding hydrogens is 348 g/mol. The molecule has 2 aromatic carbocycles. The molecule has 0 atom stereocenters. The highest BCUT2D eigenvalue weighted by Crippen LogP contribution is 2.22.